The molecular formula is C52H57FN10O5. The topological polar surface area (TPSA) is 160 Å². The van der Waals surface area contributed by atoms with Crippen LogP contribution in [0, 0.1) is 18.2 Å². The number of unbranched alkanes of at least 4 members (excludes halogenated alkanes) is 2. The molecule has 68 heavy (non-hydrogen) atoms. The fourth-order valence-electron chi connectivity index (χ4n) is 11.6. The zero-order valence-electron chi connectivity index (χ0n) is 38.3. The second-order valence-corrected chi connectivity index (χ2v) is 19.4. The first-order valence-corrected chi connectivity index (χ1v) is 24.4. The van der Waals surface area contributed by atoms with Gasteiger partial charge in [0.1, 0.15) is 35.4 Å². The Morgan fingerprint density at radius 3 is 2.51 bits per heavy atom. The van der Waals surface area contributed by atoms with Crippen LogP contribution in [0.25, 0.3) is 32.9 Å². The number of pyridine rings is 1. The van der Waals surface area contributed by atoms with Gasteiger partial charge in [0.15, 0.2) is 5.82 Å². The first-order valence-electron chi connectivity index (χ1n) is 24.4. The number of ether oxygens (including phenoxy) is 1. The number of aromatic nitrogens is 3. The molecule has 0 saturated carbocycles. The minimum absolute atomic E-state index is 0.0135. The molecule has 4 atom stereocenters. The number of rotatable bonds is 13. The molecular weight excluding hydrogens is 864 g/mol. The Morgan fingerprint density at radius 1 is 0.882 bits per heavy atom. The summed E-state index contributed by atoms with van der Waals surface area (Å²) >= 11 is 0. The Morgan fingerprint density at radius 2 is 1.71 bits per heavy atom. The molecule has 8 heterocycles. The third kappa shape index (κ3) is 8.56. The Kier molecular flexibility index (Phi) is 12.1. The van der Waals surface area contributed by atoms with Gasteiger partial charge in [-0.2, -0.15) is 9.97 Å². The summed E-state index contributed by atoms with van der Waals surface area (Å²) in [6.45, 7) is 9.09. The Bertz CT molecular complexity index is 2830. The number of phenolic OH excluding ortho intramolecular Hbond substituents is 1. The summed E-state index contributed by atoms with van der Waals surface area (Å²) in [7, 11) is 0. The number of phenols is 1. The molecule has 2 aromatic heterocycles. The molecule has 15 nitrogen and oxygen atoms in total. The summed E-state index contributed by atoms with van der Waals surface area (Å²) in [5.41, 5.74) is 3.83. The molecule has 3 aromatic carbocycles. The van der Waals surface area contributed by atoms with Gasteiger partial charge in [0.05, 0.1) is 5.39 Å². The zero-order chi connectivity index (χ0) is 46.5. The van der Waals surface area contributed by atoms with Gasteiger partial charge in [-0.05, 0) is 112 Å². The lowest BCUT2D eigenvalue weighted by atomic mass is 9.96. The van der Waals surface area contributed by atoms with E-state index in [4.69, 9.17) is 21.1 Å². The predicted molar refractivity (Wildman–Crippen MR) is 257 cm³/mol. The fraction of sp³-hybridized carbons (Fsp3) is 0.462. The Hall–Kier alpha value is -6.41. The average Bonchev–Trinajstić information content (AvgIpc) is 4.05. The quantitative estimate of drug-likeness (QED) is 0.0804. The Labute approximate surface area is 395 Å². The van der Waals surface area contributed by atoms with E-state index in [2.05, 4.69) is 47.2 Å². The fourth-order valence-corrected chi connectivity index (χ4v) is 11.6. The van der Waals surface area contributed by atoms with Crippen LogP contribution in [0.2, 0.25) is 0 Å². The van der Waals surface area contributed by atoms with Crippen molar-refractivity contribution >= 4 is 50.9 Å². The van der Waals surface area contributed by atoms with E-state index in [1.54, 1.807) is 23.2 Å². The first kappa shape index (κ1) is 44.1. The highest BCUT2D eigenvalue weighted by atomic mass is 19.1. The maximum Gasteiger partial charge on any atom is 0.319 e. The molecule has 0 radical (unpaired) electrons. The van der Waals surface area contributed by atoms with Crippen molar-refractivity contribution in [1.29, 1.82) is 0 Å². The molecule has 352 valence electrons. The van der Waals surface area contributed by atoms with Gasteiger partial charge in [-0.1, -0.05) is 24.5 Å². The van der Waals surface area contributed by atoms with Gasteiger partial charge in [0, 0.05) is 104 Å². The summed E-state index contributed by atoms with van der Waals surface area (Å²) in [6, 6.07) is 15.0. The number of terminal acetylenes is 1. The van der Waals surface area contributed by atoms with E-state index in [-0.39, 0.29) is 53.2 Å². The van der Waals surface area contributed by atoms with Crippen LogP contribution >= 0.6 is 0 Å². The van der Waals surface area contributed by atoms with E-state index < -0.39 is 11.9 Å². The number of imide groups is 1. The molecule has 5 aromatic rings. The highest BCUT2D eigenvalue weighted by molar-refractivity contribution is 6.06. The summed E-state index contributed by atoms with van der Waals surface area (Å²) in [5, 5.41) is 18.6. The molecule has 2 unspecified atom stereocenters. The van der Waals surface area contributed by atoms with Crippen molar-refractivity contribution in [2.45, 2.75) is 88.5 Å². The number of nitrogens with one attached hydrogen (secondary N) is 2. The first-order chi connectivity index (χ1) is 33.2. The van der Waals surface area contributed by atoms with Crippen LogP contribution in [0.5, 0.6) is 11.8 Å². The second kappa shape index (κ2) is 18.6. The molecule has 11 rings (SSSR count). The number of nitrogens with zero attached hydrogens (tertiary/aromatic N) is 8. The molecule has 5 saturated heterocycles. The largest absolute Gasteiger partial charge is 0.508 e. The number of carbonyl (C=O) groups is 3. The summed E-state index contributed by atoms with van der Waals surface area (Å²) in [5.74, 6) is 1.89. The minimum atomic E-state index is -0.614. The van der Waals surface area contributed by atoms with E-state index in [1.807, 2.05) is 24.3 Å². The number of aromatic hydroxyl groups is 1. The number of carbonyl (C=O) groups excluding carboxylic acids is 3. The molecule has 2 bridgehead atoms. The van der Waals surface area contributed by atoms with Gasteiger partial charge in [0.2, 0.25) is 11.8 Å². The van der Waals surface area contributed by atoms with Crippen molar-refractivity contribution in [3.8, 4) is 35.4 Å². The number of halogens is 1. The highest BCUT2D eigenvalue weighted by Crippen LogP contribution is 2.39. The number of anilines is 2. The molecule has 0 spiro atoms. The smallest absolute Gasteiger partial charge is 0.319 e. The van der Waals surface area contributed by atoms with Crippen LogP contribution < -0.4 is 25.2 Å². The van der Waals surface area contributed by atoms with Gasteiger partial charge in [-0.25, -0.2) is 4.39 Å². The second-order valence-electron chi connectivity index (χ2n) is 19.4. The number of hydrogen-bond acceptors (Lipinski definition) is 13. The van der Waals surface area contributed by atoms with Crippen molar-refractivity contribution in [1.82, 2.24) is 40.3 Å². The molecule has 3 N–H and O–H groups in total. The van der Waals surface area contributed by atoms with E-state index in [0.29, 0.717) is 70.3 Å². The van der Waals surface area contributed by atoms with Crippen molar-refractivity contribution in [3.05, 3.63) is 77.2 Å². The predicted octanol–water partition coefficient (Wildman–Crippen LogP) is 5.21. The van der Waals surface area contributed by atoms with Crippen molar-refractivity contribution in [2.24, 2.45) is 0 Å². The lowest BCUT2D eigenvalue weighted by Crippen LogP contribution is -2.52. The lowest BCUT2D eigenvalue weighted by Gasteiger charge is -2.36. The number of piperazine rings is 2. The van der Waals surface area contributed by atoms with Gasteiger partial charge in [0.25, 0.3) is 5.91 Å². The molecule has 6 aliphatic heterocycles. The molecule has 3 amide bonds. The maximum absolute atomic E-state index is 17.1. The summed E-state index contributed by atoms with van der Waals surface area (Å²) in [4.78, 5) is 63.0. The van der Waals surface area contributed by atoms with Crippen LogP contribution in [-0.2, 0) is 16.1 Å². The number of hydrogen-bond donors (Lipinski definition) is 3. The average molecular weight is 921 g/mol. The van der Waals surface area contributed by atoms with Crippen molar-refractivity contribution < 1.29 is 28.6 Å². The van der Waals surface area contributed by atoms with E-state index in [1.165, 1.54) is 6.07 Å². The summed E-state index contributed by atoms with van der Waals surface area (Å²) in [6.07, 6.45) is 15.8. The number of benzene rings is 3. The van der Waals surface area contributed by atoms with Gasteiger partial charge in [-0.15, -0.1) is 6.42 Å². The lowest BCUT2D eigenvalue weighted by molar-refractivity contribution is -0.136. The SMILES string of the molecule is C#Cc1cccc2cc(O)cc(-c3ncc4c(N5CC6CCC(C5)N6)nc(OC[C@@H]5CCCN5CCCCCN5CCN(c6ccc7c(c6)CN([C@H]6CCC(=O)NC6=O)C7=O)CC5)nc4c3F)c12. The van der Waals surface area contributed by atoms with Crippen LogP contribution in [0.1, 0.15) is 79.3 Å². The number of piperidine rings is 1. The zero-order valence-corrected chi connectivity index (χ0v) is 38.3. The number of fused-ring (bicyclic) bond motifs is 5. The van der Waals surface area contributed by atoms with E-state index in [0.717, 1.165) is 115 Å². The number of amides is 3. The summed E-state index contributed by atoms with van der Waals surface area (Å²) < 4.78 is 23.5. The van der Waals surface area contributed by atoms with Gasteiger partial charge >= 0.3 is 6.01 Å². The van der Waals surface area contributed by atoms with Crippen LogP contribution in [-0.4, -0.2) is 142 Å². The standard InChI is InChI=1S/C52H57FN10O5/c1-2-32-8-6-9-33-25-39(64)26-41(45(32)33)47-46(53)48-42(27-54-47)49(62-29-35-11-12-36(30-62)55-35)58-52(57-48)68-31-38-10-7-19-60(38)18-5-3-4-17-59-20-22-61(23-21-59)37-13-14-40-34(24-37)28-63(51(40)67)43-15-16-44(65)56-50(43)66/h1,6,8-9,13-14,24-27,35-36,38,43,55,64H,3-5,7,10-12,15-23,28-31H2,(H,56,65,66)/t35?,36?,38-,43-/m0/s1. The molecule has 16 heteroatoms. The van der Waals surface area contributed by atoms with Crippen molar-refractivity contribution in [3.63, 3.8) is 0 Å². The van der Waals surface area contributed by atoms with Crippen LogP contribution in [0.3, 0.4) is 0 Å². The van der Waals surface area contributed by atoms with E-state index in [9.17, 15) is 19.5 Å². The van der Waals surface area contributed by atoms with Crippen LogP contribution in [0.15, 0.2) is 54.7 Å². The van der Waals surface area contributed by atoms with Crippen LogP contribution in [0.4, 0.5) is 15.9 Å². The molecule has 5 fully saturated rings. The third-order valence-electron chi connectivity index (χ3n) is 15.1. The van der Waals surface area contributed by atoms with Gasteiger partial charge in [-0.3, -0.25) is 34.5 Å². The normalized spacial score (nSPS) is 23.2. The monoisotopic (exact) mass is 920 g/mol. The number of likely N-dealkylation sites (tertiary alicyclic amines) is 1. The maximum atomic E-state index is 17.1. The third-order valence-corrected chi connectivity index (χ3v) is 15.1. The highest BCUT2D eigenvalue weighted by Gasteiger charge is 2.40. The van der Waals surface area contributed by atoms with Crippen molar-refractivity contribution in [2.75, 3.05) is 75.3 Å². The Balaban J connectivity index is 0.701. The minimum Gasteiger partial charge on any atom is -0.508 e. The molecule has 6 aliphatic rings. The molecule has 0 aliphatic carbocycles. The van der Waals surface area contributed by atoms with E-state index >= 15 is 4.39 Å². The van der Waals surface area contributed by atoms with Gasteiger partial charge < -0.3 is 29.9 Å².